The van der Waals surface area contributed by atoms with E-state index >= 15 is 0 Å². The molecule has 0 fully saturated rings. The Morgan fingerprint density at radius 2 is 2.00 bits per heavy atom. The first-order valence-corrected chi connectivity index (χ1v) is 5.50. The van der Waals surface area contributed by atoms with Crippen LogP contribution in [-0.2, 0) is 4.79 Å². The summed E-state index contributed by atoms with van der Waals surface area (Å²) in [5.41, 5.74) is 0.897. The minimum atomic E-state index is -0.0211. The molecule has 5 heteroatoms. The number of benzene rings is 1. The number of aromatic nitrogens is 2. The van der Waals surface area contributed by atoms with Gasteiger partial charge in [0.1, 0.15) is 12.4 Å². The molecular weight excluding hydrogens is 232 g/mol. The highest BCUT2D eigenvalue weighted by atomic mass is 16.5. The van der Waals surface area contributed by atoms with Crippen molar-refractivity contribution in [3.63, 3.8) is 0 Å². The normalized spacial score (nSPS) is 10.1. The van der Waals surface area contributed by atoms with Gasteiger partial charge >= 0.3 is 0 Å². The van der Waals surface area contributed by atoms with E-state index in [1.165, 1.54) is 6.92 Å². The molecule has 5 nitrogen and oxygen atoms in total. The molecule has 2 rings (SSSR count). The number of hydrogen-bond acceptors (Lipinski definition) is 4. The van der Waals surface area contributed by atoms with Crippen molar-refractivity contribution in [2.24, 2.45) is 0 Å². The summed E-state index contributed by atoms with van der Waals surface area (Å²) in [5.74, 6) is 1.34. The first kappa shape index (κ1) is 12.2. The lowest BCUT2D eigenvalue weighted by atomic mass is 10.3. The fraction of sp³-hybridized carbons (Fsp3) is 0.231. The number of methoxy groups -OCH3 is 1. The molecule has 1 aromatic carbocycles. The maximum absolute atomic E-state index is 10.8. The standard InChI is InChI=1S/C13H14N2O3/c1-10(16)9-18-13-7-14-15(8-13)11-3-5-12(17-2)6-4-11/h3-8H,9H2,1-2H3. The van der Waals surface area contributed by atoms with Gasteiger partial charge in [-0.1, -0.05) is 0 Å². The van der Waals surface area contributed by atoms with Crippen LogP contribution in [0.15, 0.2) is 36.7 Å². The van der Waals surface area contributed by atoms with Crippen molar-refractivity contribution in [1.82, 2.24) is 9.78 Å². The molecule has 0 saturated carbocycles. The third-order valence-electron chi connectivity index (χ3n) is 2.34. The molecule has 1 heterocycles. The zero-order chi connectivity index (χ0) is 13.0. The molecule has 0 aliphatic heterocycles. The summed E-state index contributed by atoms with van der Waals surface area (Å²) < 4.78 is 12.0. The average Bonchev–Trinajstić information content (AvgIpc) is 2.85. The molecule has 0 bridgehead atoms. The Balaban J connectivity index is 2.10. The minimum absolute atomic E-state index is 0.0211. The van der Waals surface area contributed by atoms with Crippen LogP contribution in [0.25, 0.3) is 5.69 Å². The molecular formula is C13H14N2O3. The van der Waals surface area contributed by atoms with Crippen molar-refractivity contribution in [1.29, 1.82) is 0 Å². The molecule has 0 saturated heterocycles. The second-order valence-corrected chi connectivity index (χ2v) is 3.81. The summed E-state index contributed by atoms with van der Waals surface area (Å²) in [6, 6.07) is 7.49. The molecule has 1 aromatic heterocycles. The number of Topliss-reactive ketones (excluding diaryl/α,β-unsaturated/α-hetero) is 1. The van der Waals surface area contributed by atoms with Gasteiger partial charge in [-0.15, -0.1) is 0 Å². The van der Waals surface area contributed by atoms with Crippen LogP contribution in [-0.4, -0.2) is 29.3 Å². The second-order valence-electron chi connectivity index (χ2n) is 3.81. The Labute approximate surface area is 105 Å². The van der Waals surface area contributed by atoms with Crippen molar-refractivity contribution in [2.45, 2.75) is 6.92 Å². The Morgan fingerprint density at radius 3 is 2.61 bits per heavy atom. The zero-order valence-electron chi connectivity index (χ0n) is 10.3. The van der Waals surface area contributed by atoms with Crippen LogP contribution in [0.1, 0.15) is 6.92 Å². The predicted octanol–water partition coefficient (Wildman–Crippen LogP) is 1.85. The monoisotopic (exact) mass is 246 g/mol. The van der Waals surface area contributed by atoms with E-state index in [1.54, 1.807) is 24.2 Å². The third kappa shape index (κ3) is 2.88. The van der Waals surface area contributed by atoms with E-state index in [4.69, 9.17) is 9.47 Å². The summed E-state index contributed by atoms with van der Waals surface area (Å²) in [5, 5.41) is 4.16. The molecule has 0 amide bonds. The van der Waals surface area contributed by atoms with Crippen molar-refractivity contribution >= 4 is 5.78 Å². The number of hydrogen-bond donors (Lipinski definition) is 0. The van der Waals surface area contributed by atoms with Gasteiger partial charge in [-0.05, 0) is 31.2 Å². The fourth-order valence-electron chi connectivity index (χ4n) is 1.44. The maximum Gasteiger partial charge on any atom is 0.167 e. The highest BCUT2D eigenvalue weighted by Crippen LogP contribution is 2.17. The predicted molar refractivity (Wildman–Crippen MR) is 66.3 cm³/mol. The molecule has 0 aliphatic rings. The molecule has 2 aromatic rings. The van der Waals surface area contributed by atoms with Gasteiger partial charge in [-0.3, -0.25) is 4.79 Å². The first-order valence-electron chi connectivity index (χ1n) is 5.50. The number of carbonyl (C=O) groups is 1. The van der Waals surface area contributed by atoms with Gasteiger partial charge in [0, 0.05) is 0 Å². The molecule has 0 radical (unpaired) electrons. The molecule has 0 atom stereocenters. The van der Waals surface area contributed by atoms with Gasteiger partial charge < -0.3 is 9.47 Å². The SMILES string of the molecule is COc1ccc(-n2cc(OCC(C)=O)cn2)cc1. The summed E-state index contributed by atoms with van der Waals surface area (Å²) >= 11 is 0. The van der Waals surface area contributed by atoms with Crippen molar-refractivity contribution in [3.05, 3.63) is 36.7 Å². The average molecular weight is 246 g/mol. The Morgan fingerprint density at radius 1 is 1.28 bits per heavy atom. The Hall–Kier alpha value is -2.30. The van der Waals surface area contributed by atoms with E-state index in [2.05, 4.69) is 5.10 Å². The second kappa shape index (κ2) is 5.35. The van der Waals surface area contributed by atoms with Crippen molar-refractivity contribution < 1.29 is 14.3 Å². The van der Waals surface area contributed by atoms with Gasteiger partial charge in [0.05, 0.1) is 25.2 Å². The van der Waals surface area contributed by atoms with Gasteiger partial charge in [0.15, 0.2) is 11.5 Å². The quantitative estimate of drug-likeness (QED) is 0.808. The van der Waals surface area contributed by atoms with E-state index < -0.39 is 0 Å². The minimum Gasteiger partial charge on any atom is -0.497 e. The van der Waals surface area contributed by atoms with Gasteiger partial charge in [-0.2, -0.15) is 5.10 Å². The van der Waals surface area contributed by atoms with Gasteiger partial charge in [-0.25, -0.2) is 4.68 Å². The summed E-state index contributed by atoms with van der Waals surface area (Å²) in [6.45, 7) is 1.54. The Bertz CT molecular complexity index is 531. The molecule has 0 spiro atoms. The van der Waals surface area contributed by atoms with Crippen LogP contribution in [0, 0.1) is 0 Å². The lowest BCUT2D eigenvalue weighted by Gasteiger charge is -2.03. The smallest absolute Gasteiger partial charge is 0.167 e. The van der Waals surface area contributed by atoms with Crippen LogP contribution in [0.3, 0.4) is 0 Å². The largest absolute Gasteiger partial charge is 0.497 e. The van der Waals surface area contributed by atoms with Crippen LogP contribution in [0.5, 0.6) is 11.5 Å². The fourth-order valence-corrected chi connectivity index (χ4v) is 1.44. The van der Waals surface area contributed by atoms with Crippen LogP contribution in [0.2, 0.25) is 0 Å². The number of ketones is 1. The van der Waals surface area contributed by atoms with Crippen molar-refractivity contribution in [2.75, 3.05) is 13.7 Å². The number of ether oxygens (including phenoxy) is 2. The third-order valence-corrected chi connectivity index (χ3v) is 2.34. The van der Waals surface area contributed by atoms with Crippen LogP contribution < -0.4 is 9.47 Å². The lowest BCUT2D eigenvalue weighted by Crippen LogP contribution is -2.05. The maximum atomic E-state index is 10.8. The molecule has 0 unspecified atom stereocenters. The van der Waals surface area contributed by atoms with Crippen molar-refractivity contribution in [3.8, 4) is 17.2 Å². The molecule has 0 N–H and O–H groups in total. The summed E-state index contributed by atoms with van der Waals surface area (Å²) in [4.78, 5) is 10.8. The number of carbonyl (C=O) groups excluding carboxylic acids is 1. The zero-order valence-corrected chi connectivity index (χ0v) is 10.3. The van der Waals surface area contributed by atoms with E-state index in [9.17, 15) is 4.79 Å². The number of rotatable bonds is 5. The van der Waals surface area contributed by atoms with E-state index in [0.717, 1.165) is 11.4 Å². The summed E-state index contributed by atoms with van der Waals surface area (Å²) in [6.07, 6.45) is 3.30. The van der Waals surface area contributed by atoms with E-state index in [0.29, 0.717) is 5.75 Å². The highest BCUT2D eigenvalue weighted by molar-refractivity contribution is 5.77. The summed E-state index contributed by atoms with van der Waals surface area (Å²) in [7, 11) is 1.62. The molecule has 18 heavy (non-hydrogen) atoms. The molecule has 94 valence electrons. The van der Waals surface area contributed by atoms with Crippen LogP contribution in [0.4, 0.5) is 0 Å². The van der Waals surface area contributed by atoms with Gasteiger partial charge in [0.25, 0.3) is 0 Å². The highest BCUT2D eigenvalue weighted by Gasteiger charge is 2.03. The van der Waals surface area contributed by atoms with E-state index in [-0.39, 0.29) is 12.4 Å². The van der Waals surface area contributed by atoms with E-state index in [1.807, 2.05) is 24.3 Å². The van der Waals surface area contributed by atoms with Crippen LogP contribution >= 0.6 is 0 Å². The number of nitrogens with zero attached hydrogens (tertiary/aromatic N) is 2. The van der Waals surface area contributed by atoms with Gasteiger partial charge in [0.2, 0.25) is 0 Å². The Kier molecular flexibility index (Phi) is 3.62. The first-order chi connectivity index (χ1) is 8.69. The topological polar surface area (TPSA) is 53.4 Å². The lowest BCUT2D eigenvalue weighted by molar-refractivity contribution is -0.118. The molecule has 0 aliphatic carbocycles.